The second kappa shape index (κ2) is 6.22. The summed E-state index contributed by atoms with van der Waals surface area (Å²) in [7, 11) is 1.61. The average Bonchev–Trinajstić information content (AvgIpc) is 2.65. The molecule has 0 amide bonds. The van der Waals surface area contributed by atoms with E-state index in [1.165, 1.54) is 0 Å². The fourth-order valence-electron chi connectivity index (χ4n) is 4.73. The van der Waals surface area contributed by atoms with Gasteiger partial charge in [-0.05, 0) is 23.3 Å². The highest BCUT2D eigenvalue weighted by Crippen LogP contribution is 2.62. The van der Waals surface area contributed by atoms with Crippen LogP contribution in [0.1, 0.15) is 55.6 Å². The van der Waals surface area contributed by atoms with Crippen LogP contribution in [0.3, 0.4) is 0 Å². The van der Waals surface area contributed by atoms with Crippen molar-refractivity contribution in [3.05, 3.63) is 65.2 Å². The Morgan fingerprint density at radius 3 is 2.15 bits per heavy atom. The lowest BCUT2D eigenvalue weighted by molar-refractivity contribution is -0.143. The molecule has 3 rings (SSSR count). The molecule has 2 atom stereocenters. The number of benzene rings is 2. The lowest BCUT2D eigenvalue weighted by Gasteiger charge is -2.58. The Labute approximate surface area is 160 Å². The van der Waals surface area contributed by atoms with Gasteiger partial charge in [-0.25, -0.2) is 0 Å². The molecular weight excluding hydrogens is 340 g/mol. The maximum Gasteiger partial charge on any atom is 0.303 e. The number of carboxylic acid groups (broad SMARTS) is 1. The zero-order valence-corrected chi connectivity index (χ0v) is 16.5. The van der Waals surface area contributed by atoms with E-state index in [0.717, 1.165) is 16.9 Å². The molecule has 0 fully saturated rings. The van der Waals surface area contributed by atoms with E-state index in [0.29, 0.717) is 5.56 Å². The maximum absolute atomic E-state index is 13.3. The summed E-state index contributed by atoms with van der Waals surface area (Å²) in [5.41, 5.74) is 0.179. The van der Waals surface area contributed by atoms with Crippen molar-refractivity contribution in [3.63, 3.8) is 0 Å². The summed E-state index contributed by atoms with van der Waals surface area (Å²) in [6, 6.07) is 15.3. The molecule has 2 aromatic carbocycles. The minimum Gasteiger partial charge on any atom is -0.497 e. The first kappa shape index (κ1) is 19.2. The monoisotopic (exact) mass is 366 g/mol. The van der Waals surface area contributed by atoms with Gasteiger partial charge in [0.05, 0.1) is 13.5 Å². The third kappa shape index (κ3) is 2.50. The molecular formula is C23H26O4. The fraction of sp³-hybridized carbons (Fsp3) is 0.391. The third-order valence-corrected chi connectivity index (χ3v) is 6.93. The molecule has 1 aliphatic rings. The quantitative estimate of drug-likeness (QED) is 0.851. The third-order valence-electron chi connectivity index (χ3n) is 6.93. The van der Waals surface area contributed by atoms with Crippen LogP contribution >= 0.6 is 0 Å². The molecule has 0 heterocycles. The van der Waals surface area contributed by atoms with Gasteiger partial charge in [-0.1, -0.05) is 64.1 Å². The van der Waals surface area contributed by atoms with Gasteiger partial charge in [0.15, 0.2) is 5.78 Å². The van der Waals surface area contributed by atoms with Crippen LogP contribution < -0.4 is 4.74 Å². The van der Waals surface area contributed by atoms with Crippen molar-refractivity contribution in [2.24, 2.45) is 10.8 Å². The van der Waals surface area contributed by atoms with E-state index in [2.05, 4.69) is 6.92 Å². The SMILES string of the molecule is COc1ccc([C@@]2(C)c3ccccc3C(=O)C(C)(C)[C@]2(C)CC(=O)O)cc1. The van der Waals surface area contributed by atoms with Gasteiger partial charge in [0, 0.05) is 21.8 Å². The van der Waals surface area contributed by atoms with Gasteiger partial charge in [0.1, 0.15) is 5.75 Å². The second-order valence-corrected chi connectivity index (χ2v) is 8.26. The first-order valence-corrected chi connectivity index (χ1v) is 9.10. The summed E-state index contributed by atoms with van der Waals surface area (Å²) in [4.78, 5) is 25.2. The number of ketones is 1. The van der Waals surface area contributed by atoms with Gasteiger partial charge in [-0.2, -0.15) is 0 Å². The topological polar surface area (TPSA) is 63.6 Å². The zero-order chi connectivity index (χ0) is 20.0. The average molecular weight is 366 g/mol. The van der Waals surface area contributed by atoms with Crippen LogP contribution in [0, 0.1) is 10.8 Å². The van der Waals surface area contributed by atoms with Crippen LogP contribution in [-0.4, -0.2) is 24.0 Å². The molecule has 0 unspecified atom stereocenters. The van der Waals surface area contributed by atoms with Gasteiger partial charge < -0.3 is 9.84 Å². The van der Waals surface area contributed by atoms with Crippen molar-refractivity contribution < 1.29 is 19.4 Å². The number of carboxylic acids is 1. The number of hydrogen-bond donors (Lipinski definition) is 1. The standard InChI is InChI=1S/C23H26O4/c1-21(2)20(26)17-8-6-7-9-18(17)23(4,22(21,3)14-19(24)25)15-10-12-16(27-5)13-11-15/h6-13H,14H2,1-5H3,(H,24,25)/t22-,23-/m0/s1. The summed E-state index contributed by atoms with van der Waals surface area (Å²) in [6.45, 7) is 7.73. The van der Waals surface area contributed by atoms with Crippen molar-refractivity contribution in [2.75, 3.05) is 7.11 Å². The highest BCUT2D eigenvalue weighted by atomic mass is 16.5. The zero-order valence-electron chi connectivity index (χ0n) is 16.5. The molecule has 1 N–H and O–H groups in total. The van der Waals surface area contributed by atoms with E-state index < -0.39 is 22.2 Å². The highest BCUT2D eigenvalue weighted by molar-refractivity contribution is 6.04. The predicted octanol–water partition coefficient (Wildman–Crippen LogP) is 4.70. The van der Waals surface area contributed by atoms with E-state index in [4.69, 9.17) is 4.74 Å². The minimum atomic E-state index is -0.905. The van der Waals surface area contributed by atoms with Crippen LogP contribution in [-0.2, 0) is 10.2 Å². The van der Waals surface area contributed by atoms with Crippen LogP contribution in [0.2, 0.25) is 0 Å². The van der Waals surface area contributed by atoms with Gasteiger partial charge >= 0.3 is 5.97 Å². The molecule has 0 radical (unpaired) electrons. The largest absolute Gasteiger partial charge is 0.497 e. The summed E-state index contributed by atoms with van der Waals surface area (Å²) >= 11 is 0. The van der Waals surface area contributed by atoms with Crippen LogP contribution in [0.5, 0.6) is 5.75 Å². The van der Waals surface area contributed by atoms with E-state index in [1.54, 1.807) is 7.11 Å². The summed E-state index contributed by atoms with van der Waals surface area (Å²) in [6.07, 6.45) is -0.109. The summed E-state index contributed by atoms with van der Waals surface area (Å²) < 4.78 is 5.29. The predicted molar refractivity (Wildman–Crippen MR) is 104 cm³/mol. The molecule has 2 aromatic rings. The van der Waals surface area contributed by atoms with Gasteiger partial charge in [0.2, 0.25) is 0 Å². The molecule has 4 nitrogen and oxygen atoms in total. The smallest absolute Gasteiger partial charge is 0.303 e. The van der Waals surface area contributed by atoms with Crippen LogP contribution in [0.15, 0.2) is 48.5 Å². The van der Waals surface area contributed by atoms with Crippen molar-refractivity contribution >= 4 is 11.8 Å². The number of rotatable bonds is 4. The summed E-state index contributed by atoms with van der Waals surface area (Å²) in [5, 5.41) is 9.73. The molecule has 0 aromatic heterocycles. The molecule has 0 saturated carbocycles. The summed E-state index contributed by atoms with van der Waals surface area (Å²) in [5.74, 6) is -0.174. The van der Waals surface area contributed by atoms with E-state index in [9.17, 15) is 14.7 Å². The maximum atomic E-state index is 13.3. The Balaban J connectivity index is 2.38. The Hall–Kier alpha value is -2.62. The fourth-order valence-corrected chi connectivity index (χ4v) is 4.73. The molecule has 0 saturated heterocycles. The number of carbonyl (C=O) groups is 2. The Kier molecular flexibility index (Phi) is 4.41. The van der Waals surface area contributed by atoms with Crippen LogP contribution in [0.4, 0.5) is 0 Å². The van der Waals surface area contributed by atoms with Gasteiger partial charge in [-0.3, -0.25) is 9.59 Å². The molecule has 0 aliphatic heterocycles. The Morgan fingerprint density at radius 1 is 1.00 bits per heavy atom. The number of Topliss-reactive ketones (excluding diaryl/α,β-unsaturated/α-hetero) is 1. The van der Waals surface area contributed by atoms with E-state index in [-0.39, 0.29) is 12.2 Å². The van der Waals surface area contributed by atoms with Crippen molar-refractivity contribution in [1.82, 2.24) is 0 Å². The highest BCUT2D eigenvalue weighted by Gasteiger charge is 2.62. The number of ether oxygens (including phenoxy) is 1. The van der Waals surface area contributed by atoms with Crippen LogP contribution in [0.25, 0.3) is 0 Å². The molecule has 0 spiro atoms. The molecule has 27 heavy (non-hydrogen) atoms. The van der Waals surface area contributed by atoms with Crippen molar-refractivity contribution in [3.8, 4) is 5.75 Å². The molecule has 4 heteroatoms. The Bertz CT molecular complexity index is 897. The van der Waals surface area contributed by atoms with E-state index >= 15 is 0 Å². The normalized spacial score (nSPS) is 26.3. The lowest BCUT2D eigenvalue weighted by atomic mass is 9.43. The Morgan fingerprint density at radius 2 is 1.59 bits per heavy atom. The lowest BCUT2D eigenvalue weighted by Crippen LogP contribution is -2.59. The molecule has 142 valence electrons. The number of carbonyl (C=O) groups excluding carboxylic acids is 1. The second-order valence-electron chi connectivity index (χ2n) is 8.26. The first-order valence-electron chi connectivity index (χ1n) is 9.10. The number of aliphatic carboxylic acids is 1. The minimum absolute atomic E-state index is 0.00663. The van der Waals surface area contributed by atoms with E-state index in [1.807, 2.05) is 69.3 Å². The number of methoxy groups -OCH3 is 1. The van der Waals surface area contributed by atoms with Crippen molar-refractivity contribution in [1.29, 1.82) is 0 Å². The first-order chi connectivity index (χ1) is 12.6. The number of hydrogen-bond acceptors (Lipinski definition) is 3. The molecule has 1 aliphatic carbocycles. The van der Waals surface area contributed by atoms with Gasteiger partial charge in [0.25, 0.3) is 0 Å². The molecule has 0 bridgehead atoms. The van der Waals surface area contributed by atoms with Crippen molar-refractivity contribution in [2.45, 2.75) is 39.5 Å². The number of fused-ring (bicyclic) bond motifs is 1. The van der Waals surface area contributed by atoms with Gasteiger partial charge in [-0.15, -0.1) is 0 Å².